The molecule has 0 radical (unpaired) electrons. The molecule has 0 atom stereocenters. The molecule has 0 aliphatic rings. The van der Waals surface area contributed by atoms with Gasteiger partial charge in [-0.25, -0.2) is 4.98 Å². The third-order valence-electron chi connectivity index (χ3n) is 4.56. The highest BCUT2D eigenvalue weighted by atomic mass is 14.7. The lowest BCUT2D eigenvalue weighted by atomic mass is 9.99. The summed E-state index contributed by atoms with van der Waals surface area (Å²) in [6.45, 7) is 12.2. The Labute approximate surface area is 182 Å². The van der Waals surface area contributed by atoms with Crippen LogP contribution in [-0.2, 0) is 0 Å². The molecule has 0 bridgehead atoms. The van der Waals surface area contributed by atoms with E-state index in [4.69, 9.17) is 4.98 Å². The summed E-state index contributed by atoms with van der Waals surface area (Å²) in [4.78, 5) is 4.98. The van der Waals surface area contributed by atoms with E-state index in [0.29, 0.717) is 0 Å². The molecule has 1 heteroatoms. The van der Waals surface area contributed by atoms with Crippen LogP contribution in [-0.4, -0.2) is 4.98 Å². The van der Waals surface area contributed by atoms with Gasteiger partial charge in [-0.2, -0.15) is 0 Å². The van der Waals surface area contributed by atoms with Crippen molar-refractivity contribution in [1.29, 1.82) is 0 Å². The molecule has 154 valence electrons. The summed E-state index contributed by atoms with van der Waals surface area (Å²) in [6, 6.07) is 31.9. The predicted molar refractivity (Wildman–Crippen MR) is 133 cm³/mol. The molecule has 0 N–H and O–H groups in total. The van der Waals surface area contributed by atoms with E-state index in [2.05, 4.69) is 98.8 Å². The second-order valence-electron chi connectivity index (χ2n) is 6.73. The number of hydrogen-bond donors (Lipinski definition) is 0. The Bertz CT molecular complexity index is 985. The minimum atomic E-state index is 1.01. The maximum absolute atomic E-state index is 4.98. The number of rotatable bonds is 3. The van der Waals surface area contributed by atoms with Crippen LogP contribution < -0.4 is 0 Å². The van der Waals surface area contributed by atoms with Crippen molar-refractivity contribution in [2.45, 2.75) is 41.5 Å². The first-order valence-corrected chi connectivity index (χ1v) is 10.9. The van der Waals surface area contributed by atoms with Crippen molar-refractivity contribution < 1.29 is 0 Å². The first-order valence-electron chi connectivity index (χ1n) is 10.9. The maximum Gasteiger partial charge on any atom is 0.0715 e. The molecule has 0 spiro atoms. The van der Waals surface area contributed by atoms with E-state index in [-0.39, 0.29) is 0 Å². The van der Waals surface area contributed by atoms with Gasteiger partial charge in [0.25, 0.3) is 0 Å². The van der Waals surface area contributed by atoms with Crippen molar-refractivity contribution in [2.24, 2.45) is 0 Å². The molecule has 0 aliphatic heterocycles. The summed E-state index contributed by atoms with van der Waals surface area (Å²) in [5.41, 5.74) is 9.19. The van der Waals surface area contributed by atoms with Gasteiger partial charge in [-0.1, -0.05) is 106 Å². The van der Waals surface area contributed by atoms with Gasteiger partial charge in [0.2, 0.25) is 0 Å². The Hall–Kier alpha value is -3.19. The van der Waals surface area contributed by atoms with Crippen LogP contribution in [0.5, 0.6) is 0 Å². The molecule has 4 aromatic rings. The van der Waals surface area contributed by atoms with Gasteiger partial charge in [0, 0.05) is 11.1 Å². The van der Waals surface area contributed by atoms with Crippen molar-refractivity contribution in [2.75, 3.05) is 0 Å². The number of aryl methyl sites for hydroxylation is 2. The molecule has 1 aromatic heterocycles. The van der Waals surface area contributed by atoms with E-state index >= 15 is 0 Å². The van der Waals surface area contributed by atoms with Gasteiger partial charge in [0.05, 0.1) is 11.4 Å². The van der Waals surface area contributed by atoms with E-state index < -0.39 is 0 Å². The van der Waals surface area contributed by atoms with E-state index in [9.17, 15) is 0 Å². The summed E-state index contributed by atoms with van der Waals surface area (Å²) in [6.07, 6.45) is 0. The summed E-state index contributed by atoms with van der Waals surface area (Å²) in [5.74, 6) is 0. The number of nitrogens with zero attached hydrogens (tertiary/aromatic N) is 1. The normalized spacial score (nSPS) is 9.67. The average molecular weight is 396 g/mol. The predicted octanol–water partition coefficient (Wildman–Crippen LogP) is 8.75. The van der Waals surface area contributed by atoms with Gasteiger partial charge in [0.1, 0.15) is 0 Å². The summed E-state index contributed by atoms with van der Waals surface area (Å²) in [7, 11) is 0. The minimum absolute atomic E-state index is 1.01. The number of pyridine rings is 1. The second-order valence-corrected chi connectivity index (χ2v) is 6.73. The molecule has 30 heavy (non-hydrogen) atoms. The van der Waals surface area contributed by atoms with Crippen LogP contribution in [0.1, 0.15) is 38.8 Å². The van der Waals surface area contributed by atoms with E-state index in [1.165, 1.54) is 22.3 Å². The fourth-order valence-electron chi connectivity index (χ4n) is 3.23. The fourth-order valence-corrected chi connectivity index (χ4v) is 3.23. The largest absolute Gasteiger partial charge is 0.248 e. The lowest BCUT2D eigenvalue weighted by Crippen LogP contribution is -1.92. The smallest absolute Gasteiger partial charge is 0.0715 e. The Morgan fingerprint density at radius 2 is 0.867 bits per heavy atom. The standard InChI is InChI=1S/C25H21N.2C2H6/c1-18-8-6-12-21(14-18)24-16-23(20-10-4-3-5-11-20)17-25(26-24)22-13-7-9-19(2)15-22;2*1-2/h3-17H,1-2H3;2*1-2H3. The lowest BCUT2D eigenvalue weighted by molar-refractivity contribution is 1.31. The van der Waals surface area contributed by atoms with E-state index in [0.717, 1.165) is 22.5 Å². The number of aromatic nitrogens is 1. The van der Waals surface area contributed by atoms with Crippen LogP contribution >= 0.6 is 0 Å². The number of benzene rings is 3. The van der Waals surface area contributed by atoms with Crippen LogP contribution in [0.3, 0.4) is 0 Å². The molecule has 0 saturated heterocycles. The zero-order chi connectivity index (χ0) is 21.9. The Balaban J connectivity index is 0.000000757. The van der Waals surface area contributed by atoms with Gasteiger partial charge in [-0.3, -0.25) is 0 Å². The molecule has 1 heterocycles. The SMILES string of the molecule is CC.CC.Cc1cccc(-c2cc(-c3ccccc3)cc(-c3cccc(C)c3)n2)c1. The summed E-state index contributed by atoms with van der Waals surface area (Å²) >= 11 is 0. The van der Waals surface area contributed by atoms with Gasteiger partial charge < -0.3 is 0 Å². The first-order chi connectivity index (χ1) is 14.7. The zero-order valence-electron chi connectivity index (χ0n) is 19.1. The van der Waals surface area contributed by atoms with Crippen LogP contribution in [0, 0.1) is 13.8 Å². The fraction of sp³-hybridized carbons (Fsp3) is 0.207. The van der Waals surface area contributed by atoms with Gasteiger partial charge >= 0.3 is 0 Å². The van der Waals surface area contributed by atoms with Crippen molar-refractivity contribution in [3.63, 3.8) is 0 Å². The Morgan fingerprint density at radius 1 is 0.433 bits per heavy atom. The molecule has 4 rings (SSSR count). The minimum Gasteiger partial charge on any atom is -0.248 e. The van der Waals surface area contributed by atoms with Crippen LogP contribution in [0.4, 0.5) is 0 Å². The van der Waals surface area contributed by atoms with Gasteiger partial charge in [0.15, 0.2) is 0 Å². The third-order valence-corrected chi connectivity index (χ3v) is 4.56. The van der Waals surface area contributed by atoms with Crippen molar-refractivity contribution in [1.82, 2.24) is 4.98 Å². The highest BCUT2D eigenvalue weighted by molar-refractivity contribution is 5.76. The molecule has 0 saturated carbocycles. The third kappa shape index (κ3) is 5.90. The zero-order valence-corrected chi connectivity index (χ0v) is 19.1. The highest BCUT2D eigenvalue weighted by Gasteiger charge is 2.09. The molecular weight excluding hydrogens is 362 g/mol. The lowest BCUT2D eigenvalue weighted by Gasteiger charge is -2.11. The second kappa shape index (κ2) is 11.7. The number of hydrogen-bond acceptors (Lipinski definition) is 1. The summed E-state index contributed by atoms with van der Waals surface area (Å²) in [5, 5.41) is 0. The van der Waals surface area contributed by atoms with Crippen molar-refractivity contribution in [3.8, 4) is 33.6 Å². The monoisotopic (exact) mass is 395 g/mol. The average Bonchev–Trinajstić information content (AvgIpc) is 2.82. The molecular formula is C29H33N. The van der Waals surface area contributed by atoms with E-state index in [1.807, 2.05) is 33.8 Å². The van der Waals surface area contributed by atoms with Crippen LogP contribution in [0.15, 0.2) is 91.0 Å². The molecule has 0 aliphatic carbocycles. The van der Waals surface area contributed by atoms with Gasteiger partial charge in [-0.05, 0) is 49.2 Å². The maximum atomic E-state index is 4.98. The van der Waals surface area contributed by atoms with E-state index in [1.54, 1.807) is 0 Å². The quantitative estimate of drug-likeness (QED) is 0.338. The van der Waals surface area contributed by atoms with Crippen LogP contribution in [0.25, 0.3) is 33.6 Å². The highest BCUT2D eigenvalue weighted by Crippen LogP contribution is 2.30. The molecule has 1 nitrogen and oxygen atoms in total. The molecule has 0 unspecified atom stereocenters. The van der Waals surface area contributed by atoms with Crippen molar-refractivity contribution >= 4 is 0 Å². The first kappa shape index (κ1) is 23.1. The Kier molecular flexibility index (Phi) is 9.03. The van der Waals surface area contributed by atoms with Crippen LogP contribution in [0.2, 0.25) is 0 Å². The topological polar surface area (TPSA) is 12.9 Å². The Morgan fingerprint density at radius 3 is 1.30 bits per heavy atom. The molecule has 0 fully saturated rings. The molecule has 3 aromatic carbocycles. The van der Waals surface area contributed by atoms with Crippen molar-refractivity contribution in [3.05, 3.63) is 102 Å². The summed E-state index contributed by atoms with van der Waals surface area (Å²) < 4.78 is 0. The van der Waals surface area contributed by atoms with Gasteiger partial charge in [-0.15, -0.1) is 0 Å². The molecule has 0 amide bonds.